The number of hydrogen-bond donors (Lipinski definition) is 0. The van der Waals surface area contributed by atoms with Crippen LogP contribution in [0.3, 0.4) is 0 Å². The van der Waals surface area contributed by atoms with E-state index in [1.54, 1.807) is 0 Å². The fourth-order valence-electron chi connectivity index (χ4n) is 6.89. The summed E-state index contributed by atoms with van der Waals surface area (Å²) in [5.41, 5.74) is 14.9. The first-order valence-electron chi connectivity index (χ1n) is 13.8. The smallest absolute Gasteiger partial charge is 0.427 e. The van der Waals surface area contributed by atoms with E-state index in [4.69, 9.17) is 4.65 Å². The Balaban J connectivity index is 1.46. The van der Waals surface area contributed by atoms with Crippen molar-refractivity contribution in [2.45, 2.75) is 40.0 Å². The number of hydrogen-bond acceptors (Lipinski definition) is 2. The first-order valence-corrected chi connectivity index (χ1v) is 13.8. The van der Waals surface area contributed by atoms with Gasteiger partial charge >= 0.3 is 6.92 Å². The van der Waals surface area contributed by atoms with Crippen LogP contribution < -0.4 is 20.5 Å². The second kappa shape index (κ2) is 8.64. The quantitative estimate of drug-likeness (QED) is 0.226. The van der Waals surface area contributed by atoms with Crippen molar-refractivity contribution in [3.8, 4) is 16.9 Å². The van der Waals surface area contributed by atoms with Crippen molar-refractivity contribution in [3.05, 3.63) is 131 Å². The highest BCUT2D eigenvalue weighted by molar-refractivity contribution is 6.83. The normalized spacial score (nSPS) is 14.6. The number of anilines is 3. The van der Waals surface area contributed by atoms with Crippen LogP contribution in [0.4, 0.5) is 17.1 Å². The molecule has 190 valence electrons. The third-order valence-corrected chi connectivity index (χ3v) is 8.64. The van der Waals surface area contributed by atoms with Crippen molar-refractivity contribution in [1.29, 1.82) is 0 Å². The van der Waals surface area contributed by atoms with E-state index in [-0.39, 0.29) is 12.3 Å². The summed E-state index contributed by atoms with van der Waals surface area (Å²) in [6.45, 7) is 11.1. The van der Waals surface area contributed by atoms with Crippen LogP contribution in [-0.4, -0.2) is 6.92 Å². The molecule has 0 radical (unpaired) electrons. The Bertz CT molecular complexity index is 1700. The summed E-state index contributed by atoms with van der Waals surface area (Å²) >= 11 is 0. The molecule has 2 aliphatic rings. The minimum Gasteiger partial charge on any atom is -0.551 e. The molecule has 0 aliphatic carbocycles. The van der Waals surface area contributed by atoms with Gasteiger partial charge in [-0.25, -0.2) is 0 Å². The molecule has 2 heterocycles. The van der Waals surface area contributed by atoms with E-state index in [0.29, 0.717) is 0 Å². The Kier molecular flexibility index (Phi) is 5.28. The molecule has 5 aromatic carbocycles. The molecule has 0 saturated heterocycles. The van der Waals surface area contributed by atoms with Crippen LogP contribution in [0.15, 0.2) is 103 Å². The van der Waals surface area contributed by atoms with E-state index < -0.39 is 0 Å². The lowest BCUT2D eigenvalue weighted by molar-refractivity contribution is 0.590. The summed E-state index contributed by atoms with van der Waals surface area (Å²) in [7, 11) is 0. The molecule has 0 aromatic heterocycles. The van der Waals surface area contributed by atoms with Crippen LogP contribution in [0, 0.1) is 20.8 Å². The molecule has 0 atom stereocenters. The van der Waals surface area contributed by atoms with Crippen LogP contribution in [0.2, 0.25) is 0 Å². The van der Waals surface area contributed by atoms with Gasteiger partial charge in [-0.3, -0.25) is 0 Å². The van der Waals surface area contributed by atoms with Gasteiger partial charge in [-0.1, -0.05) is 103 Å². The summed E-state index contributed by atoms with van der Waals surface area (Å²) in [4.78, 5) is 2.44. The van der Waals surface area contributed by atoms with Crippen LogP contribution in [0.1, 0.15) is 41.7 Å². The summed E-state index contributed by atoms with van der Waals surface area (Å²) in [6.07, 6.45) is 0. The molecular weight excluding hydrogens is 473 g/mol. The minimum atomic E-state index is -0.149. The van der Waals surface area contributed by atoms with Gasteiger partial charge in [0, 0.05) is 16.7 Å². The van der Waals surface area contributed by atoms with E-state index in [1.807, 2.05) is 0 Å². The molecule has 3 heteroatoms. The Labute approximate surface area is 232 Å². The van der Waals surface area contributed by atoms with Gasteiger partial charge in [-0.15, -0.1) is 0 Å². The second-order valence-corrected chi connectivity index (χ2v) is 11.6. The van der Waals surface area contributed by atoms with Gasteiger partial charge in [0.05, 0.1) is 11.4 Å². The Morgan fingerprint density at radius 1 is 0.641 bits per heavy atom. The number of para-hydroxylation sites is 3. The fourth-order valence-corrected chi connectivity index (χ4v) is 6.89. The van der Waals surface area contributed by atoms with Crippen molar-refractivity contribution in [3.63, 3.8) is 0 Å². The van der Waals surface area contributed by atoms with E-state index in [1.165, 1.54) is 55.7 Å². The molecule has 2 aliphatic heterocycles. The monoisotopic (exact) mass is 505 g/mol. The number of benzene rings is 5. The zero-order valence-corrected chi connectivity index (χ0v) is 23.2. The van der Waals surface area contributed by atoms with Gasteiger partial charge in [0.15, 0.2) is 0 Å². The molecule has 0 spiro atoms. The molecule has 7 rings (SSSR count). The minimum absolute atomic E-state index is 0.0794. The third-order valence-electron chi connectivity index (χ3n) is 8.64. The van der Waals surface area contributed by atoms with Crippen LogP contribution in [0.25, 0.3) is 11.1 Å². The predicted octanol–water partition coefficient (Wildman–Crippen LogP) is 7.89. The molecule has 0 saturated carbocycles. The number of rotatable bonds is 2. The van der Waals surface area contributed by atoms with Gasteiger partial charge in [-0.2, -0.15) is 0 Å². The van der Waals surface area contributed by atoms with Gasteiger partial charge in [0.1, 0.15) is 5.75 Å². The zero-order chi connectivity index (χ0) is 26.9. The van der Waals surface area contributed by atoms with E-state index >= 15 is 0 Å². The Hall–Kier alpha value is -4.24. The lowest BCUT2D eigenvalue weighted by Crippen LogP contribution is -2.52. The summed E-state index contributed by atoms with van der Waals surface area (Å²) < 4.78 is 6.76. The summed E-state index contributed by atoms with van der Waals surface area (Å²) in [5.74, 6) is 0.937. The third kappa shape index (κ3) is 3.56. The van der Waals surface area contributed by atoms with Crippen molar-refractivity contribution < 1.29 is 4.65 Å². The molecular formula is C36H32BNO. The molecule has 0 bridgehead atoms. The zero-order valence-electron chi connectivity index (χ0n) is 23.2. The summed E-state index contributed by atoms with van der Waals surface area (Å²) in [6, 6.07) is 37.6. The SMILES string of the molecule is Cc1cc(C)c(B2Oc3ccccc3-c3cc(N4c5ccccc5C(C)(C)c5ccccc54)ccc32)c(C)c1. The second-order valence-electron chi connectivity index (χ2n) is 11.6. The average Bonchev–Trinajstić information content (AvgIpc) is 2.93. The standard InChI is InChI=1S/C36H32BNO/c1-23-20-24(2)35(25(3)21-23)37-31-19-18-26(22-28(31)27-12-6-11-17-34(27)39-37)38-32-15-9-7-13-29(32)36(4,5)30-14-8-10-16-33(30)38/h6-22H,1-5H3. The molecule has 0 unspecified atom stereocenters. The average molecular weight is 505 g/mol. The lowest BCUT2D eigenvalue weighted by Gasteiger charge is -2.42. The van der Waals surface area contributed by atoms with Gasteiger partial charge < -0.3 is 9.55 Å². The summed E-state index contributed by atoms with van der Waals surface area (Å²) in [5, 5.41) is 0. The highest BCUT2D eigenvalue weighted by atomic mass is 16.4. The highest BCUT2D eigenvalue weighted by Gasteiger charge is 2.38. The van der Waals surface area contributed by atoms with Crippen LogP contribution in [0.5, 0.6) is 5.75 Å². The van der Waals surface area contributed by atoms with Gasteiger partial charge in [0.2, 0.25) is 0 Å². The Morgan fingerprint density at radius 2 is 1.23 bits per heavy atom. The first kappa shape index (κ1) is 23.9. The molecule has 2 nitrogen and oxygen atoms in total. The topological polar surface area (TPSA) is 12.5 Å². The van der Waals surface area contributed by atoms with E-state index in [0.717, 1.165) is 17.0 Å². The van der Waals surface area contributed by atoms with Crippen molar-refractivity contribution in [2.24, 2.45) is 0 Å². The van der Waals surface area contributed by atoms with Gasteiger partial charge in [0.25, 0.3) is 0 Å². The van der Waals surface area contributed by atoms with E-state index in [2.05, 4.69) is 143 Å². The number of fused-ring (bicyclic) bond motifs is 5. The maximum Gasteiger partial charge on any atom is 0.427 e. The highest BCUT2D eigenvalue weighted by Crippen LogP contribution is 2.52. The molecule has 0 fully saturated rings. The maximum atomic E-state index is 6.76. The molecule has 39 heavy (non-hydrogen) atoms. The maximum absolute atomic E-state index is 6.76. The van der Waals surface area contributed by atoms with Crippen LogP contribution >= 0.6 is 0 Å². The number of nitrogens with zero attached hydrogens (tertiary/aromatic N) is 1. The van der Waals surface area contributed by atoms with Gasteiger partial charge in [-0.05, 0) is 78.7 Å². The first-order chi connectivity index (χ1) is 18.8. The van der Waals surface area contributed by atoms with E-state index in [9.17, 15) is 0 Å². The lowest BCUT2D eigenvalue weighted by atomic mass is 9.50. The Morgan fingerprint density at radius 3 is 1.90 bits per heavy atom. The van der Waals surface area contributed by atoms with Crippen molar-refractivity contribution in [2.75, 3.05) is 4.90 Å². The predicted molar refractivity (Wildman–Crippen MR) is 165 cm³/mol. The fraction of sp³-hybridized carbons (Fsp3) is 0.167. The largest absolute Gasteiger partial charge is 0.551 e. The molecule has 0 N–H and O–H groups in total. The number of aryl methyl sites for hydroxylation is 3. The van der Waals surface area contributed by atoms with Crippen LogP contribution in [-0.2, 0) is 5.41 Å². The van der Waals surface area contributed by atoms with Crippen molar-refractivity contribution in [1.82, 2.24) is 0 Å². The molecule has 5 aromatic rings. The molecule has 0 amide bonds. The van der Waals surface area contributed by atoms with Crippen molar-refractivity contribution >= 4 is 34.9 Å².